The second-order valence-corrected chi connectivity index (χ2v) is 4.93. The summed E-state index contributed by atoms with van der Waals surface area (Å²) in [5.74, 6) is -0.420. The Morgan fingerprint density at radius 1 is 1.61 bits per heavy atom. The monoisotopic (exact) mass is 250 g/mol. The van der Waals surface area contributed by atoms with E-state index < -0.39 is 5.97 Å². The van der Waals surface area contributed by atoms with Crippen molar-refractivity contribution >= 4 is 11.7 Å². The van der Waals surface area contributed by atoms with Gasteiger partial charge in [0.25, 0.3) is 0 Å². The van der Waals surface area contributed by atoms with E-state index in [0.717, 1.165) is 19.4 Å². The van der Waals surface area contributed by atoms with E-state index in [0.29, 0.717) is 12.4 Å². The number of rotatable bonds is 4. The lowest BCUT2D eigenvalue weighted by Crippen LogP contribution is -2.42. The van der Waals surface area contributed by atoms with Crippen LogP contribution >= 0.6 is 0 Å². The summed E-state index contributed by atoms with van der Waals surface area (Å²) in [6.45, 7) is 3.69. The fourth-order valence-electron chi connectivity index (χ4n) is 2.15. The average molecular weight is 250 g/mol. The topological polar surface area (TPSA) is 84.6 Å². The number of benzene rings is 1. The molecule has 0 saturated carbocycles. The molecule has 0 aromatic heterocycles. The zero-order chi connectivity index (χ0) is 13.2. The van der Waals surface area contributed by atoms with Crippen molar-refractivity contribution in [3.8, 4) is 5.75 Å². The van der Waals surface area contributed by atoms with Crippen LogP contribution in [0.4, 0.5) is 5.69 Å². The molecule has 0 radical (unpaired) electrons. The maximum absolute atomic E-state index is 10.8. The number of hydrogen-bond donors (Lipinski definition) is 3. The average Bonchev–Trinajstić information content (AvgIpc) is 2.74. The lowest BCUT2D eigenvalue weighted by atomic mass is 10.0. The molecule has 0 spiro atoms. The minimum atomic E-state index is -1.02. The van der Waals surface area contributed by atoms with Crippen LogP contribution < -0.4 is 15.8 Å². The lowest BCUT2D eigenvalue weighted by Gasteiger charge is -2.24. The van der Waals surface area contributed by atoms with Gasteiger partial charge in [0.2, 0.25) is 0 Å². The molecular formula is C13H18N2O3. The number of aromatic carboxylic acids is 1. The molecule has 1 atom stereocenters. The van der Waals surface area contributed by atoms with Crippen LogP contribution in [0.2, 0.25) is 0 Å². The molecular weight excluding hydrogens is 232 g/mol. The normalized spacial score (nSPS) is 22.9. The van der Waals surface area contributed by atoms with Gasteiger partial charge in [-0.2, -0.15) is 0 Å². The Morgan fingerprint density at radius 3 is 2.94 bits per heavy atom. The van der Waals surface area contributed by atoms with Crippen LogP contribution in [-0.4, -0.2) is 29.8 Å². The molecule has 1 aliphatic heterocycles. The van der Waals surface area contributed by atoms with E-state index in [9.17, 15) is 4.79 Å². The first-order valence-corrected chi connectivity index (χ1v) is 6.01. The second kappa shape index (κ2) is 4.86. The summed E-state index contributed by atoms with van der Waals surface area (Å²) < 4.78 is 5.67. The van der Waals surface area contributed by atoms with Crippen molar-refractivity contribution in [3.63, 3.8) is 0 Å². The standard InChI is InChI=1S/C13H18N2O3/c1-13(5-2-6-15-13)8-18-9-3-4-10(12(16)17)11(14)7-9/h3-4,7,15H,2,5-6,8,14H2,1H3,(H,16,17)/t13-/m0/s1. The number of nitrogen functional groups attached to an aromatic ring is 1. The lowest BCUT2D eigenvalue weighted by molar-refractivity contribution is 0.0698. The first-order chi connectivity index (χ1) is 8.50. The molecule has 1 saturated heterocycles. The maximum Gasteiger partial charge on any atom is 0.337 e. The van der Waals surface area contributed by atoms with Gasteiger partial charge in [-0.3, -0.25) is 0 Å². The fourth-order valence-corrected chi connectivity index (χ4v) is 2.15. The Kier molecular flexibility index (Phi) is 3.43. The van der Waals surface area contributed by atoms with Gasteiger partial charge in [-0.25, -0.2) is 4.79 Å². The highest BCUT2D eigenvalue weighted by Crippen LogP contribution is 2.23. The van der Waals surface area contributed by atoms with E-state index >= 15 is 0 Å². The van der Waals surface area contributed by atoms with Crippen LogP contribution in [0.1, 0.15) is 30.1 Å². The van der Waals surface area contributed by atoms with Gasteiger partial charge >= 0.3 is 5.97 Å². The van der Waals surface area contributed by atoms with E-state index in [1.54, 1.807) is 12.1 Å². The van der Waals surface area contributed by atoms with Crippen LogP contribution in [0, 0.1) is 0 Å². The molecule has 4 N–H and O–H groups in total. The summed E-state index contributed by atoms with van der Waals surface area (Å²) >= 11 is 0. The first-order valence-electron chi connectivity index (χ1n) is 6.01. The SMILES string of the molecule is C[C@@]1(COc2ccc(C(=O)O)c(N)c2)CCCN1. The van der Waals surface area contributed by atoms with Crippen molar-refractivity contribution in [1.82, 2.24) is 5.32 Å². The van der Waals surface area contributed by atoms with Gasteiger partial charge in [-0.15, -0.1) is 0 Å². The smallest absolute Gasteiger partial charge is 0.337 e. The highest BCUT2D eigenvalue weighted by atomic mass is 16.5. The molecule has 98 valence electrons. The maximum atomic E-state index is 10.8. The van der Waals surface area contributed by atoms with Crippen LogP contribution in [-0.2, 0) is 0 Å². The Bertz CT molecular complexity index is 454. The number of carboxylic acid groups (broad SMARTS) is 1. The number of carboxylic acids is 1. The van der Waals surface area contributed by atoms with Gasteiger partial charge in [-0.05, 0) is 38.4 Å². The number of nitrogens with two attached hydrogens (primary N) is 1. The molecule has 1 aliphatic rings. The number of anilines is 1. The molecule has 2 rings (SSSR count). The summed E-state index contributed by atoms with van der Waals surface area (Å²) in [6, 6.07) is 4.66. The van der Waals surface area contributed by atoms with E-state index in [-0.39, 0.29) is 16.8 Å². The first kappa shape index (κ1) is 12.7. The van der Waals surface area contributed by atoms with Crippen molar-refractivity contribution in [1.29, 1.82) is 0 Å². The molecule has 1 aromatic rings. The van der Waals surface area contributed by atoms with E-state index in [2.05, 4.69) is 12.2 Å². The fraction of sp³-hybridized carbons (Fsp3) is 0.462. The third-order valence-electron chi connectivity index (χ3n) is 3.27. The largest absolute Gasteiger partial charge is 0.492 e. The third kappa shape index (κ3) is 2.73. The van der Waals surface area contributed by atoms with E-state index in [1.165, 1.54) is 6.07 Å². The zero-order valence-corrected chi connectivity index (χ0v) is 10.4. The summed E-state index contributed by atoms with van der Waals surface area (Å²) in [7, 11) is 0. The Hall–Kier alpha value is -1.75. The Labute approximate surface area is 106 Å². The van der Waals surface area contributed by atoms with Crippen LogP contribution in [0.15, 0.2) is 18.2 Å². The second-order valence-electron chi connectivity index (χ2n) is 4.93. The molecule has 18 heavy (non-hydrogen) atoms. The van der Waals surface area contributed by atoms with Crippen molar-refractivity contribution in [2.24, 2.45) is 0 Å². The minimum absolute atomic E-state index is 0.000229. The minimum Gasteiger partial charge on any atom is -0.492 e. The summed E-state index contributed by atoms with van der Waals surface area (Å²) in [6.07, 6.45) is 2.23. The van der Waals surface area contributed by atoms with Crippen molar-refractivity contribution in [3.05, 3.63) is 23.8 Å². The number of carbonyl (C=O) groups is 1. The highest BCUT2D eigenvalue weighted by molar-refractivity contribution is 5.93. The molecule has 0 bridgehead atoms. The Balaban J connectivity index is 2.02. The number of ether oxygens (including phenoxy) is 1. The van der Waals surface area contributed by atoms with Crippen LogP contribution in [0.3, 0.4) is 0 Å². The summed E-state index contributed by atoms with van der Waals surface area (Å²) in [5, 5.41) is 12.3. The van der Waals surface area contributed by atoms with Gasteiger partial charge in [0.15, 0.2) is 0 Å². The highest BCUT2D eigenvalue weighted by Gasteiger charge is 2.28. The van der Waals surface area contributed by atoms with Gasteiger partial charge in [0, 0.05) is 17.3 Å². The van der Waals surface area contributed by atoms with Crippen molar-refractivity contribution in [2.45, 2.75) is 25.3 Å². The van der Waals surface area contributed by atoms with Gasteiger partial charge < -0.3 is 20.9 Å². The molecule has 0 unspecified atom stereocenters. The number of hydrogen-bond acceptors (Lipinski definition) is 4. The van der Waals surface area contributed by atoms with Gasteiger partial charge in [-0.1, -0.05) is 0 Å². The molecule has 0 amide bonds. The summed E-state index contributed by atoms with van der Waals surface area (Å²) in [5.41, 5.74) is 5.99. The molecule has 1 aromatic carbocycles. The van der Waals surface area contributed by atoms with Crippen molar-refractivity contribution < 1.29 is 14.6 Å². The van der Waals surface area contributed by atoms with Crippen LogP contribution in [0.5, 0.6) is 5.75 Å². The summed E-state index contributed by atoms with van der Waals surface area (Å²) in [4.78, 5) is 10.8. The predicted molar refractivity (Wildman–Crippen MR) is 69.0 cm³/mol. The van der Waals surface area contributed by atoms with E-state index in [4.69, 9.17) is 15.6 Å². The number of nitrogens with one attached hydrogen (secondary N) is 1. The Morgan fingerprint density at radius 2 is 2.39 bits per heavy atom. The molecule has 5 nitrogen and oxygen atoms in total. The van der Waals surface area contributed by atoms with Crippen LogP contribution in [0.25, 0.3) is 0 Å². The predicted octanol–water partition coefficient (Wildman–Crippen LogP) is 1.49. The molecule has 0 aliphatic carbocycles. The van der Waals surface area contributed by atoms with Crippen molar-refractivity contribution in [2.75, 3.05) is 18.9 Å². The van der Waals surface area contributed by atoms with E-state index in [1.807, 2.05) is 0 Å². The van der Waals surface area contributed by atoms with Gasteiger partial charge in [0.1, 0.15) is 12.4 Å². The molecule has 1 heterocycles. The third-order valence-corrected chi connectivity index (χ3v) is 3.27. The zero-order valence-electron chi connectivity index (χ0n) is 10.4. The molecule has 5 heteroatoms. The van der Waals surface area contributed by atoms with Gasteiger partial charge in [0.05, 0.1) is 5.56 Å². The quantitative estimate of drug-likeness (QED) is 0.705. The molecule has 1 fully saturated rings.